The molecular weight excluding hydrogens is 414 g/mol. The lowest BCUT2D eigenvalue weighted by Gasteiger charge is -2.34. The first-order valence-electron chi connectivity index (χ1n) is 10.1. The number of aromatic nitrogens is 1. The van der Waals surface area contributed by atoms with Crippen LogP contribution in [0.1, 0.15) is 5.56 Å². The summed E-state index contributed by atoms with van der Waals surface area (Å²) in [6, 6.07) is 14.3. The maximum Gasteiger partial charge on any atom is 0.269 e. The fourth-order valence-electron chi connectivity index (χ4n) is 3.43. The third kappa shape index (κ3) is 5.44. The van der Waals surface area contributed by atoms with Crippen LogP contribution in [0.25, 0.3) is 16.3 Å². The third-order valence-electron chi connectivity index (χ3n) is 5.18. The third-order valence-corrected chi connectivity index (χ3v) is 6.28. The van der Waals surface area contributed by atoms with Gasteiger partial charge in [0.25, 0.3) is 5.69 Å². The number of carbonyl (C=O) groups excluding carboxylic acids is 1. The van der Waals surface area contributed by atoms with Crippen LogP contribution in [0.3, 0.4) is 0 Å². The van der Waals surface area contributed by atoms with Crippen molar-refractivity contribution in [3.63, 3.8) is 0 Å². The summed E-state index contributed by atoms with van der Waals surface area (Å²) < 4.78 is 1.21. The van der Waals surface area contributed by atoms with E-state index >= 15 is 0 Å². The summed E-state index contributed by atoms with van der Waals surface area (Å²) in [5.41, 5.74) is 1.82. The number of fused-ring (bicyclic) bond motifs is 1. The number of benzene rings is 2. The molecule has 1 saturated heterocycles. The highest BCUT2D eigenvalue weighted by Gasteiger charge is 2.19. The summed E-state index contributed by atoms with van der Waals surface area (Å²) in [6.45, 7) is 5.09. The highest BCUT2D eigenvalue weighted by molar-refractivity contribution is 7.22. The van der Waals surface area contributed by atoms with Crippen LogP contribution in [0.5, 0.6) is 0 Å². The Hall–Kier alpha value is -3.30. The topological polar surface area (TPSA) is 91.6 Å². The highest BCUT2D eigenvalue weighted by atomic mass is 32.1. The molecule has 2 aromatic carbocycles. The molecule has 4 rings (SSSR count). The van der Waals surface area contributed by atoms with Gasteiger partial charge in [0.2, 0.25) is 5.91 Å². The van der Waals surface area contributed by atoms with E-state index in [1.807, 2.05) is 18.2 Å². The molecule has 1 aliphatic heterocycles. The number of amides is 1. The number of carbonyl (C=O) groups is 1. The molecule has 0 radical (unpaired) electrons. The number of thiazole rings is 1. The van der Waals surface area contributed by atoms with Crippen molar-refractivity contribution in [3.05, 3.63) is 70.3 Å². The van der Waals surface area contributed by atoms with Gasteiger partial charge in [-0.25, -0.2) is 4.98 Å². The van der Waals surface area contributed by atoms with E-state index in [4.69, 9.17) is 4.98 Å². The zero-order valence-electron chi connectivity index (χ0n) is 16.9. The zero-order valence-corrected chi connectivity index (χ0v) is 17.8. The average molecular weight is 438 g/mol. The lowest BCUT2D eigenvalue weighted by molar-refractivity contribution is -0.384. The maximum absolute atomic E-state index is 12.0. The minimum absolute atomic E-state index is 0.0323. The Labute approximate surface area is 184 Å². The van der Waals surface area contributed by atoms with Crippen molar-refractivity contribution in [3.8, 4) is 0 Å². The number of piperazine rings is 1. The Morgan fingerprint density at radius 2 is 1.87 bits per heavy atom. The summed E-state index contributed by atoms with van der Waals surface area (Å²) >= 11 is 1.73. The molecule has 9 heteroatoms. The fraction of sp³-hybridized carbons (Fsp3) is 0.273. The molecule has 1 aromatic heterocycles. The lowest BCUT2D eigenvalue weighted by Crippen LogP contribution is -2.48. The molecule has 0 aliphatic carbocycles. The fourth-order valence-corrected chi connectivity index (χ4v) is 4.45. The average Bonchev–Trinajstić information content (AvgIpc) is 3.23. The van der Waals surface area contributed by atoms with Crippen LogP contribution in [0, 0.1) is 10.1 Å². The molecule has 0 atom stereocenters. The second-order valence-corrected chi connectivity index (χ2v) is 8.27. The van der Waals surface area contributed by atoms with Gasteiger partial charge in [0.05, 0.1) is 15.1 Å². The van der Waals surface area contributed by atoms with Gasteiger partial charge in [-0.05, 0) is 35.9 Å². The molecule has 1 fully saturated rings. The summed E-state index contributed by atoms with van der Waals surface area (Å²) in [5, 5.41) is 14.6. The minimum Gasteiger partial charge on any atom is -0.351 e. The van der Waals surface area contributed by atoms with Crippen molar-refractivity contribution >= 4 is 44.4 Å². The second kappa shape index (κ2) is 9.67. The molecular formula is C22H23N5O3S. The predicted molar refractivity (Wildman–Crippen MR) is 123 cm³/mol. The molecule has 3 aromatic rings. The number of nitro groups is 1. The van der Waals surface area contributed by atoms with Gasteiger partial charge in [0, 0.05) is 57.5 Å². The van der Waals surface area contributed by atoms with Crippen molar-refractivity contribution in [2.45, 2.75) is 0 Å². The number of non-ortho nitro benzene ring substituents is 1. The van der Waals surface area contributed by atoms with Crippen LogP contribution in [0.15, 0.2) is 54.6 Å². The number of nitrogens with one attached hydrogen (secondary N) is 1. The van der Waals surface area contributed by atoms with Gasteiger partial charge in [0.15, 0.2) is 5.13 Å². The van der Waals surface area contributed by atoms with Gasteiger partial charge in [-0.15, -0.1) is 0 Å². The van der Waals surface area contributed by atoms with Crippen molar-refractivity contribution in [1.29, 1.82) is 0 Å². The van der Waals surface area contributed by atoms with Gasteiger partial charge in [0.1, 0.15) is 0 Å². The van der Waals surface area contributed by atoms with Gasteiger partial charge in [-0.1, -0.05) is 23.5 Å². The van der Waals surface area contributed by atoms with Gasteiger partial charge >= 0.3 is 0 Å². The summed E-state index contributed by atoms with van der Waals surface area (Å²) in [5.74, 6) is -0.175. The van der Waals surface area contributed by atoms with Crippen molar-refractivity contribution < 1.29 is 9.72 Å². The number of nitro benzene ring substituents is 1. The zero-order chi connectivity index (χ0) is 21.6. The Bertz CT molecular complexity index is 1050. The smallest absolute Gasteiger partial charge is 0.269 e. The van der Waals surface area contributed by atoms with E-state index in [1.165, 1.54) is 22.9 Å². The lowest BCUT2D eigenvalue weighted by atomic mass is 10.2. The Morgan fingerprint density at radius 3 is 2.58 bits per heavy atom. The number of nitrogens with zero attached hydrogens (tertiary/aromatic N) is 4. The van der Waals surface area contributed by atoms with Crippen molar-refractivity contribution in [1.82, 2.24) is 15.2 Å². The van der Waals surface area contributed by atoms with Gasteiger partial charge < -0.3 is 10.2 Å². The Morgan fingerprint density at radius 1 is 1.13 bits per heavy atom. The van der Waals surface area contributed by atoms with E-state index in [2.05, 4.69) is 21.2 Å². The minimum atomic E-state index is -0.445. The molecule has 0 spiro atoms. The first kappa shape index (κ1) is 21.0. The van der Waals surface area contributed by atoms with Gasteiger partial charge in [-0.2, -0.15) is 0 Å². The van der Waals surface area contributed by atoms with Crippen LogP contribution >= 0.6 is 11.3 Å². The number of hydrogen-bond acceptors (Lipinski definition) is 7. The Balaban J connectivity index is 1.18. The molecule has 1 amide bonds. The molecule has 160 valence electrons. The molecule has 8 nitrogen and oxygen atoms in total. The first-order chi connectivity index (χ1) is 15.1. The summed E-state index contributed by atoms with van der Waals surface area (Å²) in [4.78, 5) is 31.6. The quantitative estimate of drug-likeness (QED) is 0.347. The Kier molecular flexibility index (Phi) is 6.54. The van der Waals surface area contributed by atoms with Crippen LogP contribution in [0.2, 0.25) is 0 Å². The van der Waals surface area contributed by atoms with E-state index in [9.17, 15) is 14.9 Å². The standard InChI is InChI=1S/C22H23N5O3S/c28-21(10-7-17-5-8-18(9-6-17)27(29)30)23-11-12-25-13-15-26(16-14-25)22-24-19-3-1-2-4-20(19)31-22/h1-10H,11-16H2,(H,23,28)/b10-7-. The van der Waals surface area contributed by atoms with E-state index in [-0.39, 0.29) is 11.6 Å². The molecule has 0 bridgehead atoms. The van der Waals surface area contributed by atoms with Gasteiger partial charge in [-0.3, -0.25) is 19.8 Å². The molecule has 0 saturated carbocycles. The SMILES string of the molecule is O=C(/C=C\c1ccc([N+](=O)[O-])cc1)NCCN1CCN(c2nc3ccccc3s2)CC1. The number of anilines is 1. The van der Waals surface area contributed by atoms with E-state index in [0.29, 0.717) is 6.54 Å². The van der Waals surface area contributed by atoms with Crippen molar-refractivity contribution in [2.75, 3.05) is 44.2 Å². The number of hydrogen-bond donors (Lipinski definition) is 1. The number of rotatable bonds is 7. The van der Waals surface area contributed by atoms with Crippen LogP contribution in [-0.2, 0) is 4.79 Å². The second-order valence-electron chi connectivity index (χ2n) is 7.27. The van der Waals surface area contributed by atoms with Crippen LogP contribution < -0.4 is 10.2 Å². The highest BCUT2D eigenvalue weighted by Crippen LogP contribution is 2.29. The molecule has 2 heterocycles. The van der Waals surface area contributed by atoms with Crippen LogP contribution in [-0.4, -0.2) is 60.0 Å². The maximum atomic E-state index is 12.0. The van der Waals surface area contributed by atoms with E-state index < -0.39 is 4.92 Å². The van der Waals surface area contributed by atoms with E-state index in [0.717, 1.165) is 48.9 Å². The summed E-state index contributed by atoms with van der Waals surface area (Å²) in [7, 11) is 0. The van der Waals surface area contributed by atoms with E-state index in [1.54, 1.807) is 29.5 Å². The predicted octanol–water partition coefficient (Wildman–Crippen LogP) is 3.16. The molecule has 0 unspecified atom stereocenters. The molecule has 1 aliphatic rings. The first-order valence-corrected chi connectivity index (χ1v) is 10.9. The van der Waals surface area contributed by atoms with Crippen molar-refractivity contribution in [2.24, 2.45) is 0 Å². The monoisotopic (exact) mass is 437 g/mol. The van der Waals surface area contributed by atoms with Crippen LogP contribution in [0.4, 0.5) is 10.8 Å². The molecule has 31 heavy (non-hydrogen) atoms. The number of para-hydroxylation sites is 1. The summed E-state index contributed by atoms with van der Waals surface area (Å²) in [6.07, 6.45) is 3.10. The normalized spacial score (nSPS) is 14.9. The largest absolute Gasteiger partial charge is 0.351 e. The molecule has 1 N–H and O–H groups in total.